The molecule has 1 saturated heterocycles. The van der Waals surface area contributed by atoms with E-state index in [1.54, 1.807) is 11.1 Å². The van der Waals surface area contributed by atoms with Crippen molar-refractivity contribution in [3.63, 3.8) is 0 Å². The molecule has 7 nitrogen and oxygen atoms in total. The molecule has 0 saturated carbocycles. The lowest BCUT2D eigenvalue weighted by Gasteiger charge is -2.26. The predicted molar refractivity (Wildman–Crippen MR) is 124 cm³/mol. The van der Waals surface area contributed by atoms with Gasteiger partial charge in [0.25, 0.3) is 5.91 Å². The lowest BCUT2D eigenvalue weighted by molar-refractivity contribution is 0.0322. The molecule has 0 unspecified atom stereocenters. The van der Waals surface area contributed by atoms with Gasteiger partial charge in [0.2, 0.25) is 0 Å². The Morgan fingerprint density at radius 3 is 2.81 bits per heavy atom. The number of morpholine rings is 1. The smallest absolute Gasteiger partial charge is 0.273 e. The summed E-state index contributed by atoms with van der Waals surface area (Å²) in [6, 6.07) is 13.7. The van der Waals surface area contributed by atoms with Crippen molar-refractivity contribution in [3.05, 3.63) is 76.0 Å². The molecule has 3 heterocycles. The van der Waals surface area contributed by atoms with Crippen LogP contribution in [0.2, 0.25) is 0 Å². The largest absolute Gasteiger partial charge is 0.492 e. The Morgan fingerprint density at radius 1 is 1.19 bits per heavy atom. The Hall–Kier alpha value is -2.81. The monoisotopic (exact) mass is 452 g/mol. The van der Waals surface area contributed by atoms with E-state index in [-0.39, 0.29) is 5.91 Å². The van der Waals surface area contributed by atoms with Gasteiger partial charge in [-0.15, -0.1) is 11.3 Å². The Kier molecular flexibility index (Phi) is 7.82. The van der Waals surface area contributed by atoms with Crippen LogP contribution in [0, 0.1) is 6.92 Å². The van der Waals surface area contributed by atoms with Gasteiger partial charge >= 0.3 is 0 Å². The van der Waals surface area contributed by atoms with Gasteiger partial charge in [-0.3, -0.25) is 14.7 Å². The van der Waals surface area contributed by atoms with Crippen LogP contribution in [0.15, 0.2) is 54.0 Å². The quantitative estimate of drug-likeness (QED) is 0.496. The molecular formula is C24H28N4O3S. The highest BCUT2D eigenvalue weighted by Gasteiger charge is 2.20. The van der Waals surface area contributed by atoms with Crippen molar-refractivity contribution < 1.29 is 14.3 Å². The van der Waals surface area contributed by atoms with Gasteiger partial charge in [-0.1, -0.05) is 18.2 Å². The molecule has 0 aliphatic carbocycles. The van der Waals surface area contributed by atoms with Crippen molar-refractivity contribution in [2.45, 2.75) is 20.0 Å². The lowest BCUT2D eigenvalue weighted by atomic mass is 10.2. The van der Waals surface area contributed by atoms with E-state index in [0.717, 1.165) is 54.9 Å². The molecule has 8 heteroatoms. The molecule has 1 aliphatic rings. The maximum Gasteiger partial charge on any atom is 0.273 e. The Labute approximate surface area is 192 Å². The summed E-state index contributed by atoms with van der Waals surface area (Å²) in [4.78, 5) is 26.1. The highest BCUT2D eigenvalue weighted by Crippen LogP contribution is 2.19. The third-order valence-electron chi connectivity index (χ3n) is 5.26. The van der Waals surface area contributed by atoms with Gasteiger partial charge < -0.3 is 14.4 Å². The average molecular weight is 453 g/mol. The lowest BCUT2D eigenvalue weighted by Crippen LogP contribution is -2.38. The highest BCUT2D eigenvalue weighted by atomic mass is 32.1. The van der Waals surface area contributed by atoms with Gasteiger partial charge in [-0.2, -0.15) is 0 Å². The molecule has 1 amide bonds. The first-order chi connectivity index (χ1) is 15.7. The van der Waals surface area contributed by atoms with E-state index in [4.69, 9.17) is 9.47 Å². The molecule has 2 aromatic heterocycles. The normalized spacial score (nSPS) is 14.3. The maximum absolute atomic E-state index is 13.2. The SMILES string of the molecule is Cc1nc(C(=O)N(Cc2cccc(OCCN3CCOCC3)c2)Cc2ccccn2)cs1. The number of hydrogen-bond acceptors (Lipinski definition) is 7. The third-order valence-corrected chi connectivity index (χ3v) is 6.03. The number of hydrogen-bond donors (Lipinski definition) is 0. The second-order valence-corrected chi connectivity index (χ2v) is 8.75. The Morgan fingerprint density at radius 2 is 2.06 bits per heavy atom. The van der Waals surface area contributed by atoms with E-state index in [0.29, 0.717) is 25.4 Å². The van der Waals surface area contributed by atoms with Crippen LogP contribution in [0.3, 0.4) is 0 Å². The average Bonchev–Trinajstić information content (AvgIpc) is 3.26. The predicted octanol–water partition coefficient (Wildman–Crippen LogP) is 3.40. The summed E-state index contributed by atoms with van der Waals surface area (Å²) < 4.78 is 11.4. The molecule has 168 valence electrons. The van der Waals surface area contributed by atoms with Crippen molar-refractivity contribution >= 4 is 17.2 Å². The van der Waals surface area contributed by atoms with Crippen molar-refractivity contribution in [1.82, 2.24) is 19.8 Å². The van der Waals surface area contributed by atoms with E-state index >= 15 is 0 Å². The van der Waals surface area contributed by atoms with Gasteiger partial charge in [-0.05, 0) is 36.8 Å². The van der Waals surface area contributed by atoms with Crippen LogP contribution in [-0.2, 0) is 17.8 Å². The number of rotatable bonds is 9. The topological polar surface area (TPSA) is 67.8 Å². The second kappa shape index (κ2) is 11.2. The number of carbonyl (C=O) groups excluding carboxylic acids is 1. The van der Waals surface area contributed by atoms with Crippen molar-refractivity contribution in [3.8, 4) is 5.75 Å². The van der Waals surface area contributed by atoms with Gasteiger partial charge in [0, 0.05) is 37.8 Å². The zero-order valence-corrected chi connectivity index (χ0v) is 19.1. The minimum Gasteiger partial charge on any atom is -0.492 e. The number of aryl methyl sites for hydroxylation is 1. The molecule has 1 fully saturated rings. The molecule has 0 bridgehead atoms. The van der Waals surface area contributed by atoms with Crippen LogP contribution in [0.4, 0.5) is 0 Å². The summed E-state index contributed by atoms with van der Waals surface area (Å²) >= 11 is 1.48. The van der Waals surface area contributed by atoms with E-state index in [1.165, 1.54) is 11.3 Å². The Balaban J connectivity index is 1.42. The number of pyridine rings is 1. The van der Waals surface area contributed by atoms with Gasteiger partial charge in [0.05, 0.1) is 30.5 Å². The van der Waals surface area contributed by atoms with Crippen LogP contribution in [-0.4, -0.2) is 65.1 Å². The van der Waals surface area contributed by atoms with Crippen LogP contribution >= 0.6 is 11.3 Å². The summed E-state index contributed by atoms with van der Waals surface area (Å²) in [5, 5.41) is 2.69. The fourth-order valence-electron chi connectivity index (χ4n) is 3.58. The van der Waals surface area contributed by atoms with Gasteiger partial charge in [0.1, 0.15) is 18.1 Å². The zero-order valence-electron chi connectivity index (χ0n) is 18.3. The minimum absolute atomic E-state index is 0.0985. The number of carbonyl (C=O) groups is 1. The number of benzene rings is 1. The Bertz CT molecular complexity index is 1010. The van der Waals surface area contributed by atoms with Crippen molar-refractivity contribution in [2.75, 3.05) is 39.5 Å². The molecule has 0 radical (unpaired) electrons. The van der Waals surface area contributed by atoms with E-state index in [1.807, 2.05) is 54.8 Å². The number of aromatic nitrogens is 2. The summed E-state index contributed by atoms with van der Waals surface area (Å²) in [6.45, 7) is 7.74. The molecule has 3 aromatic rings. The van der Waals surface area contributed by atoms with Crippen molar-refractivity contribution in [1.29, 1.82) is 0 Å². The summed E-state index contributed by atoms with van der Waals surface area (Å²) in [5.41, 5.74) is 2.32. The van der Waals surface area contributed by atoms with Gasteiger partial charge in [-0.25, -0.2) is 4.98 Å². The number of amides is 1. The van der Waals surface area contributed by atoms with Crippen LogP contribution < -0.4 is 4.74 Å². The van der Waals surface area contributed by atoms with E-state index in [2.05, 4.69) is 14.9 Å². The van der Waals surface area contributed by atoms with Crippen LogP contribution in [0.1, 0.15) is 26.8 Å². The molecule has 32 heavy (non-hydrogen) atoms. The number of nitrogens with zero attached hydrogens (tertiary/aromatic N) is 4. The molecule has 0 atom stereocenters. The minimum atomic E-state index is -0.0985. The number of ether oxygens (including phenoxy) is 2. The molecule has 0 N–H and O–H groups in total. The standard InChI is InChI=1S/C24H28N4O3S/c1-19-26-23(18-32-19)24(29)28(17-21-6-2-3-8-25-21)16-20-5-4-7-22(15-20)31-14-11-27-9-12-30-13-10-27/h2-8,15,18H,9-14,16-17H2,1H3. The molecule has 0 spiro atoms. The first-order valence-electron chi connectivity index (χ1n) is 10.8. The summed E-state index contributed by atoms with van der Waals surface area (Å²) in [5.74, 6) is 0.712. The molecule has 4 rings (SSSR count). The second-order valence-electron chi connectivity index (χ2n) is 7.68. The molecular weight excluding hydrogens is 424 g/mol. The maximum atomic E-state index is 13.2. The van der Waals surface area contributed by atoms with Crippen LogP contribution in [0.5, 0.6) is 5.75 Å². The summed E-state index contributed by atoms with van der Waals surface area (Å²) in [7, 11) is 0. The van der Waals surface area contributed by atoms with Crippen molar-refractivity contribution in [2.24, 2.45) is 0 Å². The van der Waals surface area contributed by atoms with Crippen LogP contribution in [0.25, 0.3) is 0 Å². The fourth-order valence-corrected chi connectivity index (χ4v) is 4.17. The fraction of sp³-hybridized carbons (Fsp3) is 0.375. The zero-order chi connectivity index (χ0) is 22.2. The summed E-state index contributed by atoms with van der Waals surface area (Å²) in [6.07, 6.45) is 1.74. The van der Waals surface area contributed by atoms with E-state index < -0.39 is 0 Å². The number of thiazole rings is 1. The first kappa shape index (κ1) is 22.4. The third kappa shape index (κ3) is 6.35. The van der Waals surface area contributed by atoms with E-state index in [9.17, 15) is 4.79 Å². The highest BCUT2D eigenvalue weighted by molar-refractivity contribution is 7.09. The molecule has 1 aliphatic heterocycles. The molecule has 1 aromatic carbocycles. The first-order valence-corrected chi connectivity index (χ1v) is 11.7. The van der Waals surface area contributed by atoms with Gasteiger partial charge in [0.15, 0.2) is 0 Å².